The Kier molecular flexibility index (Phi) is 16.2. The van der Waals surface area contributed by atoms with E-state index < -0.39 is 11.9 Å². The van der Waals surface area contributed by atoms with Crippen molar-refractivity contribution in [3.05, 3.63) is 0 Å². The summed E-state index contributed by atoms with van der Waals surface area (Å²) in [4.78, 5) is 20.3. The molecule has 0 heterocycles. The van der Waals surface area contributed by atoms with Gasteiger partial charge < -0.3 is 15.3 Å². The van der Waals surface area contributed by atoms with E-state index in [1.807, 2.05) is 0 Å². The standard InChI is InChI=1S/C10H18O4.C9H20O/c11-9(12)7-5-3-1-2-4-6-8-10(13)14;1-8(5-6-10)7-9(2,3)4/h1-8H2,(H,11,12)(H,13,14);8,10H,5-7H2,1-4H3. The summed E-state index contributed by atoms with van der Waals surface area (Å²) < 4.78 is 0. The maximum Gasteiger partial charge on any atom is 0.303 e. The van der Waals surface area contributed by atoms with E-state index >= 15 is 0 Å². The second-order valence-electron chi connectivity index (χ2n) is 7.79. The number of carboxylic acid groups (broad SMARTS) is 2. The minimum Gasteiger partial charge on any atom is -0.481 e. The Morgan fingerprint density at radius 1 is 0.833 bits per heavy atom. The number of unbranched alkanes of at least 4 members (excludes halogenated alkanes) is 5. The summed E-state index contributed by atoms with van der Waals surface area (Å²) in [5.41, 5.74) is 0.411. The lowest BCUT2D eigenvalue weighted by Gasteiger charge is -2.22. The Morgan fingerprint density at radius 3 is 1.50 bits per heavy atom. The van der Waals surface area contributed by atoms with Crippen LogP contribution in [0.2, 0.25) is 0 Å². The fraction of sp³-hybridized carbons (Fsp3) is 0.895. The molecule has 0 aromatic carbocycles. The predicted molar refractivity (Wildman–Crippen MR) is 97.1 cm³/mol. The zero-order chi connectivity index (χ0) is 19.0. The highest BCUT2D eigenvalue weighted by Gasteiger charge is 2.14. The Balaban J connectivity index is 0. The van der Waals surface area contributed by atoms with Crippen molar-refractivity contribution in [3.63, 3.8) is 0 Å². The molecule has 0 fully saturated rings. The molecular formula is C19H38O5. The normalized spacial score (nSPS) is 12.2. The number of aliphatic carboxylic acids is 2. The number of hydrogen-bond donors (Lipinski definition) is 3. The largest absolute Gasteiger partial charge is 0.481 e. The monoisotopic (exact) mass is 346 g/mol. The van der Waals surface area contributed by atoms with E-state index in [2.05, 4.69) is 27.7 Å². The smallest absolute Gasteiger partial charge is 0.303 e. The summed E-state index contributed by atoms with van der Waals surface area (Å²) in [5.74, 6) is -0.822. The van der Waals surface area contributed by atoms with E-state index in [1.54, 1.807) is 0 Å². The van der Waals surface area contributed by atoms with Gasteiger partial charge in [-0.05, 0) is 37.0 Å². The van der Waals surface area contributed by atoms with Crippen molar-refractivity contribution in [1.82, 2.24) is 0 Å². The molecule has 0 aliphatic rings. The van der Waals surface area contributed by atoms with Gasteiger partial charge in [-0.15, -0.1) is 0 Å². The molecule has 0 rings (SSSR count). The Hall–Kier alpha value is -1.10. The lowest BCUT2D eigenvalue weighted by atomic mass is 9.84. The van der Waals surface area contributed by atoms with Gasteiger partial charge in [0.15, 0.2) is 0 Å². The Bertz CT molecular complexity index is 300. The van der Waals surface area contributed by atoms with Gasteiger partial charge in [-0.2, -0.15) is 0 Å². The minimum absolute atomic E-state index is 0.245. The van der Waals surface area contributed by atoms with Crippen LogP contribution in [0.25, 0.3) is 0 Å². The van der Waals surface area contributed by atoms with Crippen LogP contribution in [-0.4, -0.2) is 33.9 Å². The van der Waals surface area contributed by atoms with Gasteiger partial charge in [0.05, 0.1) is 0 Å². The molecule has 5 nitrogen and oxygen atoms in total. The maximum atomic E-state index is 10.1. The van der Waals surface area contributed by atoms with Crippen LogP contribution in [0.15, 0.2) is 0 Å². The van der Waals surface area contributed by atoms with Crippen molar-refractivity contribution in [2.24, 2.45) is 11.3 Å². The van der Waals surface area contributed by atoms with Crippen molar-refractivity contribution < 1.29 is 24.9 Å². The molecule has 24 heavy (non-hydrogen) atoms. The number of carboxylic acids is 2. The highest BCUT2D eigenvalue weighted by molar-refractivity contribution is 5.66. The molecule has 1 unspecified atom stereocenters. The molecule has 3 N–H and O–H groups in total. The van der Waals surface area contributed by atoms with Crippen molar-refractivity contribution in [2.75, 3.05) is 6.61 Å². The fourth-order valence-corrected chi connectivity index (χ4v) is 2.63. The summed E-state index contributed by atoms with van der Waals surface area (Å²) in [6, 6.07) is 0. The van der Waals surface area contributed by atoms with Gasteiger partial charge in [0.2, 0.25) is 0 Å². The van der Waals surface area contributed by atoms with Gasteiger partial charge in [0.1, 0.15) is 0 Å². The first kappa shape index (κ1) is 25.1. The zero-order valence-electron chi connectivity index (χ0n) is 16.0. The summed E-state index contributed by atoms with van der Waals surface area (Å²) in [7, 11) is 0. The van der Waals surface area contributed by atoms with Crippen LogP contribution in [0.4, 0.5) is 0 Å². The number of aliphatic hydroxyl groups is 1. The van der Waals surface area contributed by atoms with Crippen LogP contribution in [0.3, 0.4) is 0 Å². The van der Waals surface area contributed by atoms with E-state index in [-0.39, 0.29) is 12.8 Å². The van der Waals surface area contributed by atoms with Gasteiger partial charge in [-0.25, -0.2) is 0 Å². The summed E-state index contributed by atoms with van der Waals surface area (Å²) >= 11 is 0. The van der Waals surface area contributed by atoms with Crippen LogP contribution in [0.5, 0.6) is 0 Å². The molecule has 144 valence electrons. The highest BCUT2D eigenvalue weighted by atomic mass is 16.4. The van der Waals surface area contributed by atoms with Crippen molar-refractivity contribution in [1.29, 1.82) is 0 Å². The molecule has 0 radical (unpaired) electrons. The highest BCUT2D eigenvalue weighted by Crippen LogP contribution is 2.25. The average molecular weight is 347 g/mol. The van der Waals surface area contributed by atoms with Gasteiger partial charge >= 0.3 is 11.9 Å². The first-order chi connectivity index (χ1) is 11.1. The van der Waals surface area contributed by atoms with E-state index in [0.717, 1.165) is 44.9 Å². The van der Waals surface area contributed by atoms with Crippen LogP contribution in [0.1, 0.15) is 91.9 Å². The average Bonchev–Trinajstić information content (AvgIpc) is 2.40. The molecule has 1 atom stereocenters. The molecule has 0 spiro atoms. The molecule has 0 aromatic heterocycles. The van der Waals surface area contributed by atoms with Gasteiger partial charge in [0, 0.05) is 19.4 Å². The number of carbonyl (C=O) groups is 2. The predicted octanol–water partition coefficient (Wildman–Crippen LogP) is 4.72. The number of aliphatic hydroxyl groups excluding tert-OH is 1. The molecule has 0 aliphatic heterocycles. The number of rotatable bonds is 12. The fourth-order valence-electron chi connectivity index (χ4n) is 2.63. The first-order valence-electron chi connectivity index (χ1n) is 9.13. The Labute approximate surface area is 147 Å². The lowest BCUT2D eigenvalue weighted by Crippen LogP contribution is -2.11. The third kappa shape index (κ3) is 25.8. The van der Waals surface area contributed by atoms with Crippen molar-refractivity contribution in [3.8, 4) is 0 Å². The van der Waals surface area contributed by atoms with E-state index in [9.17, 15) is 9.59 Å². The lowest BCUT2D eigenvalue weighted by molar-refractivity contribution is -0.138. The summed E-state index contributed by atoms with van der Waals surface area (Å²) in [6.07, 6.45) is 7.97. The molecule has 0 amide bonds. The molecule has 0 saturated carbocycles. The molecule has 0 saturated heterocycles. The topological polar surface area (TPSA) is 94.8 Å². The summed E-state index contributed by atoms with van der Waals surface area (Å²) in [5, 5.41) is 25.3. The van der Waals surface area contributed by atoms with Gasteiger partial charge in [-0.1, -0.05) is 53.4 Å². The molecule has 5 heteroatoms. The zero-order valence-corrected chi connectivity index (χ0v) is 16.0. The molecule has 0 bridgehead atoms. The van der Waals surface area contributed by atoms with Crippen LogP contribution in [-0.2, 0) is 9.59 Å². The molecular weight excluding hydrogens is 308 g/mol. The Morgan fingerprint density at radius 2 is 1.21 bits per heavy atom. The van der Waals surface area contributed by atoms with Gasteiger partial charge in [-0.3, -0.25) is 9.59 Å². The third-order valence-electron chi connectivity index (χ3n) is 3.61. The van der Waals surface area contributed by atoms with E-state index in [1.165, 1.54) is 6.42 Å². The molecule has 0 aromatic rings. The van der Waals surface area contributed by atoms with Gasteiger partial charge in [0.25, 0.3) is 0 Å². The summed E-state index contributed by atoms with van der Waals surface area (Å²) in [6.45, 7) is 9.24. The SMILES string of the molecule is CC(CCO)CC(C)(C)C.O=C(O)CCCCCCCCC(=O)O. The van der Waals surface area contributed by atoms with Crippen LogP contribution < -0.4 is 0 Å². The minimum atomic E-state index is -0.740. The van der Waals surface area contributed by atoms with E-state index in [4.69, 9.17) is 15.3 Å². The maximum absolute atomic E-state index is 10.1. The van der Waals surface area contributed by atoms with Crippen molar-refractivity contribution >= 4 is 11.9 Å². The third-order valence-corrected chi connectivity index (χ3v) is 3.61. The van der Waals surface area contributed by atoms with E-state index in [0.29, 0.717) is 17.9 Å². The second kappa shape index (κ2) is 15.4. The van der Waals surface area contributed by atoms with Crippen molar-refractivity contribution in [2.45, 2.75) is 91.9 Å². The first-order valence-corrected chi connectivity index (χ1v) is 9.13. The second-order valence-corrected chi connectivity index (χ2v) is 7.79. The molecule has 0 aliphatic carbocycles. The quantitative estimate of drug-likeness (QED) is 0.445. The van der Waals surface area contributed by atoms with Crippen LogP contribution in [0, 0.1) is 11.3 Å². The number of hydrogen-bond acceptors (Lipinski definition) is 3. The van der Waals surface area contributed by atoms with Crippen LogP contribution >= 0.6 is 0 Å².